The minimum atomic E-state index is 0.291. The van der Waals surface area contributed by atoms with Gasteiger partial charge < -0.3 is 10.4 Å². The van der Waals surface area contributed by atoms with Gasteiger partial charge in [-0.2, -0.15) is 0 Å². The molecule has 3 heteroatoms. The molecule has 1 heterocycles. The van der Waals surface area contributed by atoms with Crippen molar-refractivity contribution >= 4 is 11.8 Å². The Labute approximate surface area is 101 Å². The zero-order valence-electron chi connectivity index (χ0n) is 9.65. The van der Waals surface area contributed by atoms with Crippen molar-refractivity contribution in [3.05, 3.63) is 29.8 Å². The first-order valence-corrected chi connectivity index (χ1v) is 6.85. The van der Waals surface area contributed by atoms with Crippen molar-refractivity contribution < 1.29 is 5.11 Å². The topological polar surface area (TPSA) is 32.3 Å². The summed E-state index contributed by atoms with van der Waals surface area (Å²) in [6.07, 6.45) is 0.883. The monoisotopic (exact) mass is 237 g/mol. The number of nitrogens with one attached hydrogen (secondary N) is 1. The quantitative estimate of drug-likeness (QED) is 0.825. The minimum Gasteiger partial charge on any atom is -0.396 e. The Kier molecular flexibility index (Phi) is 4.27. The molecule has 0 saturated carbocycles. The summed E-state index contributed by atoms with van der Waals surface area (Å²) >= 11 is 1.93. The smallest absolute Gasteiger partial charge is 0.0434 e. The van der Waals surface area contributed by atoms with Crippen molar-refractivity contribution in [1.82, 2.24) is 5.32 Å². The molecule has 1 aliphatic heterocycles. The highest BCUT2D eigenvalue weighted by Crippen LogP contribution is 2.37. The number of hydrogen-bond donors (Lipinski definition) is 2. The highest BCUT2D eigenvalue weighted by atomic mass is 32.2. The van der Waals surface area contributed by atoms with Crippen LogP contribution in [0, 0.1) is 5.92 Å². The van der Waals surface area contributed by atoms with E-state index in [2.05, 4.69) is 36.5 Å². The van der Waals surface area contributed by atoms with E-state index in [1.165, 1.54) is 10.5 Å². The van der Waals surface area contributed by atoms with Crippen LogP contribution in [0.15, 0.2) is 29.2 Å². The number of rotatable bonds is 5. The second-order valence-corrected chi connectivity index (χ2v) is 5.49. The average Bonchev–Trinajstić information content (AvgIpc) is 2.70. The summed E-state index contributed by atoms with van der Waals surface area (Å²) in [5.74, 6) is 1.67. The van der Waals surface area contributed by atoms with Crippen molar-refractivity contribution in [3.8, 4) is 0 Å². The summed E-state index contributed by atoms with van der Waals surface area (Å²) in [6, 6.07) is 9.10. The lowest BCUT2D eigenvalue weighted by molar-refractivity contribution is 0.258. The van der Waals surface area contributed by atoms with Crippen LogP contribution in [0.5, 0.6) is 0 Å². The lowest BCUT2D eigenvalue weighted by Crippen LogP contribution is -2.26. The molecular weight excluding hydrogens is 218 g/mol. The van der Waals surface area contributed by atoms with Gasteiger partial charge in [-0.3, -0.25) is 0 Å². The van der Waals surface area contributed by atoms with Crippen LogP contribution < -0.4 is 5.32 Å². The predicted octanol–water partition coefficient (Wildman–Crippen LogP) is 2.44. The van der Waals surface area contributed by atoms with Crippen LogP contribution in [0.1, 0.15) is 24.9 Å². The van der Waals surface area contributed by atoms with Gasteiger partial charge in [-0.15, -0.1) is 11.8 Å². The summed E-state index contributed by atoms with van der Waals surface area (Å²) in [6.45, 7) is 3.45. The molecule has 1 aliphatic rings. The third kappa shape index (κ3) is 2.78. The summed E-state index contributed by atoms with van der Waals surface area (Å²) in [5.41, 5.74) is 1.43. The van der Waals surface area contributed by atoms with E-state index in [-0.39, 0.29) is 0 Å². The van der Waals surface area contributed by atoms with Crippen LogP contribution >= 0.6 is 11.8 Å². The zero-order chi connectivity index (χ0) is 11.4. The minimum absolute atomic E-state index is 0.291. The van der Waals surface area contributed by atoms with Crippen LogP contribution in [0.4, 0.5) is 0 Å². The molecule has 2 nitrogen and oxygen atoms in total. The van der Waals surface area contributed by atoms with Crippen LogP contribution in [0.25, 0.3) is 0 Å². The van der Waals surface area contributed by atoms with Gasteiger partial charge in [0.15, 0.2) is 0 Å². The molecule has 0 spiro atoms. The van der Waals surface area contributed by atoms with E-state index in [0.29, 0.717) is 18.6 Å². The van der Waals surface area contributed by atoms with Crippen molar-refractivity contribution in [2.45, 2.75) is 24.3 Å². The molecule has 16 heavy (non-hydrogen) atoms. The standard InChI is InChI=1S/C13H19NOS/c1-10(6-7-15)8-14-12-9-16-13-5-3-2-4-11(12)13/h2-5,10,12,14-15H,6-9H2,1H3. The van der Waals surface area contributed by atoms with Crippen molar-refractivity contribution in [2.24, 2.45) is 5.92 Å². The molecule has 0 aromatic heterocycles. The Bertz CT molecular complexity index is 342. The second-order valence-electron chi connectivity index (χ2n) is 4.43. The van der Waals surface area contributed by atoms with Gasteiger partial charge >= 0.3 is 0 Å². The average molecular weight is 237 g/mol. The molecule has 2 rings (SSSR count). The van der Waals surface area contributed by atoms with E-state index in [1.807, 2.05) is 11.8 Å². The Morgan fingerprint density at radius 3 is 3.12 bits per heavy atom. The molecule has 2 N–H and O–H groups in total. The molecule has 2 atom stereocenters. The number of hydrogen-bond acceptors (Lipinski definition) is 3. The van der Waals surface area contributed by atoms with Crippen LogP contribution in [0.3, 0.4) is 0 Å². The second kappa shape index (κ2) is 5.71. The maximum absolute atomic E-state index is 8.85. The van der Waals surface area contributed by atoms with Gasteiger partial charge in [-0.05, 0) is 30.5 Å². The van der Waals surface area contributed by atoms with Gasteiger partial charge in [-0.1, -0.05) is 25.1 Å². The highest BCUT2D eigenvalue weighted by Gasteiger charge is 2.22. The van der Waals surface area contributed by atoms with Gasteiger partial charge in [0, 0.05) is 23.3 Å². The molecule has 0 fully saturated rings. The van der Waals surface area contributed by atoms with E-state index in [0.717, 1.165) is 18.7 Å². The molecule has 0 aliphatic carbocycles. The normalized spacial score (nSPS) is 20.8. The fraction of sp³-hybridized carbons (Fsp3) is 0.538. The van der Waals surface area contributed by atoms with E-state index in [4.69, 9.17) is 5.11 Å². The molecule has 0 bridgehead atoms. The Hall–Kier alpha value is -0.510. The van der Waals surface area contributed by atoms with Crippen molar-refractivity contribution in [3.63, 3.8) is 0 Å². The number of fused-ring (bicyclic) bond motifs is 1. The molecule has 1 aromatic rings. The molecule has 1 aromatic carbocycles. The molecule has 0 amide bonds. The van der Waals surface area contributed by atoms with Gasteiger partial charge in [0.2, 0.25) is 0 Å². The van der Waals surface area contributed by atoms with Gasteiger partial charge in [-0.25, -0.2) is 0 Å². The zero-order valence-corrected chi connectivity index (χ0v) is 10.5. The van der Waals surface area contributed by atoms with Gasteiger partial charge in [0.25, 0.3) is 0 Å². The SMILES string of the molecule is CC(CCO)CNC1CSc2ccccc21. The number of aliphatic hydroxyl groups excluding tert-OH is 1. The number of aliphatic hydroxyl groups is 1. The first kappa shape index (κ1) is 12.0. The van der Waals surface area contributed by atoms with E-state index < -0.39 is 0 Å². The van der Waals surface area contributed by atoms with Crippen molar-refractivity contribution in [2.75, 3.05) is 18.9 Å². The Morgan fingerprint density at radius 1 is 1.50 bits per heavy atom. The predicted molar refractivity (Wildman–Crippen MR) is 68.8 cm³/mol. The lowest BCUT2D eigenvalue weighted by atomic mass is 10.1. The van der Waals surface area contributed by atoms with Crippen LogP contribution in [0.2, 0.25) is 0 Å². The third-order valence-corrected chi connectivity index (χ3v) is 4.22. The van der Waals surface area contributed by atoms with Gasteiger partial charge in [0.05, 0.1) is 0 Å². The molecule has 88 valence electrons. The molecule has 0 saturated heterocycles. The number of thioether (sulfide) groups is 1. The first-order chi connectivity index (χ1) is 7.81. The van der Waals surface area contributed by atoms with E-state index in [1.54, 1.807) is 0 Å². The largest absolute Gasteiger partial charge is 0.396 e. The van der Waals surface area contributed by atoms with E-state index in [9.17, 15) is 0 Å². The van der Waals surface area contributed by atoms with E-state index >= 15 is 0 Å². The maximum atomic E-state index is 8.85. The Morgan fingerprint density at radius 2 is 2.31 bits per heavy atom. The maximum Gasteiger partial charge on any atom is 0.0434 e. The molecule has 2 unspecified atom stereocenters. The Balaban J connectivity index is 1.88. The summed E-state index contributed by atoms with van der Waals surface area (Å²) in [7, 11) is 0. The van der Waals surface area contributed by atoms with Crippen LogP contribution in [-0.2, 0) is 0 Å². The van der Waals surface area contributed by atoms with Crippen molar-refractivity contribution in [1.29, 1.82) is 0 Å². The molecular formula is C13H19NOS. The van der Waals surface area contributed by atoms with Gasteiger partial charge in [0.1, 0.15) is 0 Å². The number of benzene rings is 1. The summed E-state index contributed by atoms with van der Waals surface area (Å²) in [4.78, 5) is 1.41. The summed E-state index contributed by atoms with van der Waals surface area (Å²) < 4.78 is 0. The fourth-order valence-electron chi connectivity index (χ4n) is 2.00. The first-order valence-electron chi connectivity index (χ1n) is 5.87. The fourth-order valence-corrected chi connectivity index (χ4v) is 3.19. The molecule has 0 radical (unpaired) electrons. The highest BCUT2D eigenvalue weighted by molar-refractivity contribution is 7.99. The lowest BCUT2D eigenvalue weighted by Gasteiger charge is -2.16. The summed E-state index contributed by atoms with van der Waals surface area (Å²) in [5, 5.41) is 12.4. The van der Waals surface area contributed by atoms with Crippen LogP contribution in [-0.4, -0.2) is 24.0 Å². The third-order valence-electron chi connectivity index (χ3n) is 3.03.